The number of alkyl carbamates (subject to hydrolysis) is 1. The van der Waals surface area contributed by atoms with Crippen molar-refractivity contribution in [3.63, 3.8) is 0 Å². The molecule has 8 heteroatoms. The minimum absolute atomic E-state index is 0.0876. The van der Waals surface area contributed by atoms with E-state index in [2.05, 4.69) is 15.6 Å². The molecule has 0 bridgehead atoms. The van der Waals surface area contributed by atoms with E-state index >= 15 is 0 Å². The summed E-state index contributed by atoms with van der Waals surface area (Å²) >= 11 is 0. The lowest BCUT2D eigenvalue weighted by Crippen LogP contribution is -2.42. The van der Waals surface area contributed by atoms with Gasteiger partial charge in [-0.25, -0.2) is 14.2 Å². The summed E-state index contributed by atoms with van der Waals surface area (Å²) in [6.45, 7) is 10.9. The Morgan fingerprint density at radius 3 is 2.41 bits per heavy atom. The van der Waals surface area contributed by atoms with E-state index in [9.17, 15) is 14.0 Å². The summed E-state index contributed by atoms with van der Waals surface area (Å²) < 4.78 is 25.7. The van der Waals surface area contributed by atoms with Crippen LogP contribution < -0.4 is 15.4 Å². The topological polar surface area (TPSA) is 89.6 Å². The first-order valence-corrected chi connectivity index (χ1v) is 10.6. The molecular weight excluding hydrogens is 413 g/mol. The molecular formula is C24H32FN3O4. The Bertz CT molecular complexity index is 941. The maximum absolute atomic E-state index is 14.7. The van der Waals surface area contributed by atoms with Crippen molar-refractivity contribution in [2.24, 2.45) is 5.92 Å². The Balaban J connectivity index is 2.08. The maximum Gasteiger partial charge on any atom is 0.407 e. The second kappa shape index (κ2) is 10.9. The number of rotatable bonds is 8. The lowest BCUT2D eigenvalue weighted by Gasteiger charge is -2.24. The van der Waals surface area contributed by atoms with E-state index in [0.29, 0.717) is 29.3 Å². The molecule has 0 aliphatic carbocycles. The second-order valence-corrected chi connectivity index (χ2v) is 9.04. The van der Waals surface area contributed by atoms with Gasteiger partial charge in [0.25, 0.3) is 0 Å². The van der Waals surface area contributed by atoms with Gasteiger partial charge in [-0.2, -0.15) is 0 Å². The number of aromatic nitrogens is 1. The number of hydrogen-bond donors (Lipinski definition) is 2. The van der Waals surface area contributed by atoms with Crippen LogP contribution in [0, 0.1) is 11.7 Å². The van der Waals surface area contributed by atoms with E-state index in [1.807, 2.05) is 13.8 Å². The first-order valence-electron chi connectivity index (χ1n) is 10.6. The normalized spacial score (nSPS) is 12.2. The van der Waals surface area contributed by atoms with E-state index in [4.69, 9.17) is 9.47 Å². The average molecular weight is 446 g/mol. The highest BCUT2D eigenvalue weighted by molar-refractivity contribution is 5.88. The Morgan fingerprint density at radius 1 is 1.12 bits per heavy atom. The van der Waals surface area contributed by atoms with Crippen LogP contribution in [0.3, 0.4) is 0 Å². The molecule has 0 spiro atoms. The number of hydrogen-bond acceptors (Lipinski definition) is 5. The van der Waals surface area contributed by atoms with Crippen LogP contribution in [0.4, 0.5) is 15.0 Å². The van der Waals surface area contributed by atoms with E-state index < -0.39 is 17.5 Å². The lowest BCUT2D eigenvalue weighted by molar-refractivity contribution is -0.114. The van der Waals surface area contributed by atoms with Crippen LogP contribution in [0.2, 0.25) is 0 Å². The average Bonchev–Trinajstić information content (AvgIpc) is 2.64. The molecule has 2 rings (SSSR count). The van der Waals surface area contributed by atoms with Crippen molar-refractivity contribution in [2.75, 3.05) is 11.9 Å². The summed E-state index contributed by atoms with van der Waals surface area (Å²) in [5.74, 6) is 0.0156. The predicted molar refractivity (Wildman–Crippen MR) is 122 cm³/mol. The molecule has 2 N–H and O–H groups in total. The van der Waals surface area contributed by atoms with Gasteiger partial charge in [0.05, 0.1) is 6.04 Å². The van der Waals surface area contributed by atoms with Gasteiger partial charge in [-0.05, 0) is 68.5 Å². The zero-order chi connectivity index (χ0) is 23.9. The quantitative estimate of drug-likeness (QED) is 0.586. The number of carbonyl (C=O) groups is 2. The Labute approximate surface area is 188 Å². The van der Waals surface area contributed by atoms with E-state index in [1.54, 1.807) is 51.2 Å². The third-order valence-corrected chi connectivity index (χ3v) is 4.25. The van der Waals surface area contributed by atoms with Crippen molar-refractivity contribution in [2.45, 2.75) is 59.6 Å². The molecule has 7 nitrogen and oxygen atoms in total. The van der Waals surface area contributed by atoms with Crippen LogP contribution in [0.1, 0.15) is 48.0 Å². The third kappa shape index (κ3) is 8.53. The van der Waals surface area contributed by atoms with Crippen LogP contribution in [0.15, 0.2) is 36.5 Å². The summed E-state index contributed by atoms with van der Waals surface area (Å²) in [5.41, 5.74) is 0.718. The molecule has 1 aromatic carbocycles. The van der Waals surface area contributed by atoms with Crippen LogP contribution in [0.25, 0.3) is 11.1 Å². The minimum atomic E-state index is -0.609. The van der Waals surface area contributed by atoms with Crippen LogP contribution in [-0.2, 0) is 9.53 Å². The second-order valence-electron chi connectivity index (χ2n) is 9.04. The highest BCUT2D eigenvalue weighted by Gasteiger charge is 2.21. The number of pyridine rings is 1. The molecule has 174 valence electrons. The number of benzene rings is 1. The largest absolute Gasteiger partial charge is 0.488 e. The highest BCUT2D eigenvalue weighted by Crippen LogP contribution is 2.27. The van der Waals surface area contributed by atoms with Gasteiger partial charge in [0.1, 0.15) is 18.0 Å². The first-order chi connectivity index (χ1) is 14.9. The zero-order valence-corrected chi connectivity index (χ0v) is 19.5. The van der Waals surface area contributed by atoms with Crippen LogP contribution in [-0.4, -0.2) is 35.2 Å². The van der Waals surface area contributed by atoms with Gasteiger partial charge in [-0.15, -0.1) is 0 Å². The smallest absolute Gasteiger partial charge is 0.407 e. The van der Waals surface area contributed by atoms with E-state index in [-0.39, 0.29) is 24.3 Å². The lowest BCUT2D eigenvalue weighted by atomic mass is 10.0. The Morgan fingerprint density at radius 2 is 1.81 bits per heavy atom. The molecule has 0 fully saturated rings. The SMILES string of the molecule is CC(=O)Nc1cc(-c2ccc(OC[C@H](CC(C)C)NC(=O)OC(C)(C)C)c(F)c2)ccn1. The number of anilines is 1. The van der Waals surface area contributed by atoms with Gasteiger partial charge in [0, 0.05) is 13.1 Å². The van der Waals surface area contributed by atoms with Crippen molar-refractivity contribution in [3.8, 4) is 16.9 Å². The van der Waals surface area contributed by atoms with Gasteiger partial charge < -0.3 is 20.1 Å². The number of nitrogens with zero attached hydrogens (tertiary/aromatic N) is 1. The van der Waals surface area contributed by atoms with Crippen molar-refractivity contribution < 1.29 is 23.5 Å². The molecule has 1 atom stereocenters. The summed E-state index contributed by atoms with van der Waals surface area (Å²) in [6, 6.07) is 7.70. The van der Waals surface area contributed by atoms with E-state index in [1.165, 1.54) is 13.0 Å². The summed E-state index contributed by atoms with van der Waals surface area (Å²) in [7, 11) is 0. The molecule has 2 aromatic rings. The summed E-state index contributed by atoms with van der Waals surface area (Å²) in [4.78, 5) is 27.4. The van der Waals surface area contributed by atoms with Crippen molar-refractivity contribution in [3.05, 3.63) is 42.3 Å². The van der Waals surface area contributed by atoms with Gasteiger partial charge in [0.15, 0.2) is 11.6 Å². The van der Waals surface area contributed by atoms with E-state index in [0.717, 1.165) is 0 Å². The highest BCUT2D eigenvalue weighted by atomic mass is 19.1. The standard InChI is InChI=1S/C24H32FN3O4/c1-15(2)11-19(28-23(30)32-24(4,5)6)14-31-21-8-7-17(12-20(21)25)18-9-10-26-22(13-18)27-16(3)29/h7-10,12-13,15,19H,11,14H2,1-6H3,(H,28,30)(H,26,27,29)/t19-/m0/s1. The fourth-order valence-electron chi connectivity index (χ4n) is 3.06. The van der Waals surface area contributed by atoms with Gasteiger partial charge in [-0.1, -0.05) is 19.9 Å². The number of ether oxygens (including phenoxy) is 2. The molecule has 0 aliphatic rings. The third-order valence-electron chi connectivity index (χ3n) is 4.25. The number of amides is 2. The molecule has 0 saturated carbocycles. The molecule has 2 amide bonds. The molecule has 1 aromatic heterocycles. The van der Waals surface area contributed by atoms with Gasteiger partial charge in [-0.3, -0.25) is 4.79 Å². The van der Waals surface area contributed by atoms with Gasteiger partial charge in [0.2, 0.25) is 5.91 Å². The zero-order valence-electron chi connectivity index (χ0n) is 19.5. The molecule has 0 aliphatic heterocycles. The van der Waals surface area contributed by atoms with Crippen LogP contribution in [0.5, 0.6) is 5.75 Å². The monoisotopic (exact) mass is 445 g/mol. The first kappa shape index (κ1) is 25.1. The molecule has 32 heavy (non-hydrogen) atoms. The number of carbonyl (C=O) groups excluding carboxylic acids is 2. The summed E-state index contributed by atoms with van der Waals surface area (Å²) in [6.07, 6.45) is 1.67. The maximum atomic E-state index is 14.7. The van der Waals surface area contributed by atoms with Crippen LogP contribution >= 0.6 is 0 Å². The number of nitrogens with one attached hydrogen (secondary N) is 2. The molecule has 1 heterocycles. The molecule has 0 unspecified atom stereocenters. The number of halogens is 1. The summed E-state index contributed by atoms with van der Waals surface area (Å²) in [5, 5.41) is 5.41. The van der Waals surface area contributed by atoms with Gasteiger partial charge >= 0.3 is 6.09 Å². The molecule has 0 saturated heterocycles. The minimum Gasteiger partial charge on any atom is -0.488 e. The van der Waals surface area contributed by atoms with Crippen molar-refractivity contribution in [1.29, 1.82) is 0 Å². The van der Waals surface area contributed by atoms with Crippen molar-refractivity contribution >= 4 is 17.8 Å². The Hall–Kier alpha value is -3.16. The molecule has 0 radical (unpaired) electrons. The van der Waals surface area contributed by atoms with Crippen molar-refractivity contribution in [1.82, 2.24) is 10.3 Å². The fraction of sp³-hybridized carbons (Fsp3) is 0.458. The fourth-order valence-corrected chi connectivity index (χ4v) is 3.06. The Kier molecular flexibility index (Phi) is 8.57. The predicted octanol–water partition coefficient (Wildman–Crippen LogP) is 5.16.